The van der Waals surface area contributed by atoms with Crippen LogP contribution in [-0.2, 0) is 16.6 Å². The summed E-state index contributed by atoms with van der Waals surface area (Å²) >= 11 is 0. The molecule has 0 amide bonds. The third-order valence-electron chi connectivity index (χ3n) is 4.02. The van der Waals surface area contributed by atoms with Gasteiger partial charge in [0.05, 0.1) is 18.2 Å². The van der Waals surface area contributed by atoms with Crippen LogP contribution in [0.2, 0.25) is 0 Å². The van der Waals surface area contributed by atoms with E-state index in [1.807, 2.05) is 0 Å². The topological polar surface area (TPSA) is 77.0 Å². The molecule has 1 N–H and O–H groups in total. The van der Waals surface area contributed by atoms with Crippen molar-refractivity contribution in [1.82, 2.24) is 4.83 Å². The second-order valence-electron chi connectivity index (χ2n) is 6.12. The average molecular weight is 432 g/mol. The lowest BCUT2D eigenvalue weighted by Gasteiger charge is -2.11. The zero-order valence-corrected chi connectivity index (χ0v) is 16.7. The molecule has 9 heteroatoms. The van der Waals surface area contributed by atoms with Crippen LogP contribution >= 0.6 is 0 Å². The summed E-state index contributed by atoms with van der Waals surface area (Å²) < 4.78 is 61.2. The molecule has 0 aromatic heterocycles. The van der Waals surface area contributed by atoms with E-state index in [-0.39, 0.29) is 17.3 Å². The first-order chi connectivity index (χ1) is 14.4. The molecule has 3 rings (SSSR count). The van der Waals surface area contributed by atoms with Crippen molar-refractivity contribution in [3.05, 3.63) is 89.5 Å². The maximum Gasteiger partial charge on any atom is 0.276 e. The number of benzene rings is 3. The molecule has 0 spiro atoms. The van der Waals surface area contributed by atoms with Gasteiger partial charge in [0.1, 0.15) is 29.7 Å². The van der Waals surface area contributed by atoms with Gasteiger partial charge < -0.3 is 9.47 Å². The van der Waals surface area contributed by atoms with Crippen molar-refractivity contribution < 1.29 is 26.7 Å². The minimum absolute atomic E-state index is 0.107. The highest BCUT2D eigenvalue weighted by molar-refractivity contribution is 7.89. The van der Waals surface area contributed by atoms with Gasteiger partial charge in [0.25, 0.3) is 10.0 Å². The van der Waals surface area contributed by atoms with Crippen LogP contribution in [0.1, 0.15) is 11.1 Å². The van der Waals surface area contributed by atoms with Crippen LogP contribution < -0.4 is 14.3 Å². The van der Waals surface area contributed by atoms with E-state index in [2.05, 4.69) is 9.93 Å². The summed E-state index contributed by atoms with van der Waals surface area (Å²) in [6.07, 6.45) is 1.32. The lowest BCUT2D eigenvalue weighted by Crippen LogP contribution is -2.18. The van der Waals surface area contributed by atoms with Gasteiger partial charge in [-0.3, -0.25) is 0 Å². The second-order valence-corrected chi connectivity index (χ2v) is 7.78. The Hall–Kier alpha value is -3.46. The van der Waals surface area contributed by atoms with E-state index in [0.717, 1.165) is 24.3 Å². The van der Waals surface area contributed by atoms with Gasteiger partial charge in [-0.05, 0) is 72.3 Å². The lowest BCUT2D eigenvalue weighted by atomic mass is 10.1. The van der Waals surface area contributed by atoms with E-state index in [1.165, 1.54) is 37.6 Å². The van der Waals surface area contributed by atoms with Crippen LogP contribution in [0.15, 0.2) is 76.7 Å². The number of ether oxygens (including phenoxy) is 2. The molecule has 0 fully saturated rings. The lowest BCUT2D eigenvalue weighted by molar-refractivity contribution is 0.296. The van der Waals surface area contributed by atoms with Crippen molar-refractivity contribution in [3.63, 3.8) is 0 Å². The monoisotopic (exact) mass is 432 g/mol. The quantitative estimate of drug-likeness (QED) is 0.433. The number of sulfonamides is 1. The van der Waals surface area contributed by atoms with Crippen LogP contribution in [0.3, 0.4) is 0 Å². The third kappa shape index (κ3) is 5.54. The van der Waals surface area contributed by atoms with Gasteiger partial charge >= 0.3 is 0 Å². The van der Waals surface area contributed by atoms with Crippen LogP contribution in [0.5, 0.6) is 11.5 Å². The minimum Gasteiger partial charge on any atom is -0.496 e. The molecule has 0 unspecified atom stereocenters. The Labute approximate surface area is 172 Å². The SMILES string of the molecule is COc1ccc(/C=N\NS(=O)(=O)c2ccc(F)cc2)cc1COc1ccc(F)cc1. The molecular formula is C21H18F2N2O4S. The number of hydrazone groups is 1. The Balaban J connectivity index is 1.70. The van der Waals surface area contributed by atoms with Gasteiger partial charge in [0.15, 0.2) is 0 Å². The molecule has 0 atom stereocenters. The van der Waals surface area contributed by atoms with E-state index in [0.29, 0.717) is 22.6 Å². The molecule has 156 valence electrons. The molecule has 6 nitrogen and oxygen atoms in total. The van der Waals surface area contributed by atoms with E-state index >= 15 is 0 Å². The van der Waals surface area contributed by atoms with Gasteiger partial charge in [-0.2, -0.15) is 13.5 Å². The van der Waals surface area contributed by atoms with Crippen molar-refractivity contribution in [2.75, 3.05) is 7.11 Å². The molecule has 0 saturated carbocycles. The zero-order valence-electron chi connectivity index (χ0n) is 15.9. The number of hydrogen-bond acceptors (Lipinski definition) is 5. The predicted molar refractivity (Wildman–Crippen MR) is 108 cm³/mol. The molecular weight excluding hydrogens is 414 g/mol. The number of methoxy groups -OCH3 is 1. The number of rotatable bonds is 8. The molecule has 0 aliphatic rings. The molecule has 3 aromatic carbocycles. The van der Waals surface area contributed by atoms with Crippen molar-refractivity contribution in [3.8, 4) is 11.5 Å². The Morgan fingerprint density at radius 3 is 2.23 bits per heavy atom. The van der Waals surface area contributed by atoms with E-state index in [4.69, 9.17) is 9.47 Å². The molecule has 0 heterocycles. The maximum atomic E-state index is 13.0. The molecule has 0 aliphatic heterocycles. The molecule has 30 heavy (non-hydrogen) atoms. The fraction of sp³-hybridized carbons (Fsp3) is 0.0952. The summed E-state index contributed by atoms with van der Waals surface area (Å²) in [5.74, 6) is 0.165. The summed E-state index contributed by atoms with van der Waals surface area (Å²) in [6.45, 7) is 0.151. The largest absolute Gasteiger partial charge is 0.496 e. The highest BCUT2D eigenvalue weighted by atomic mass is 32.2. The van der Waals surface area contributed by atoms with E-state index in [1.54, 1.807) is 18.2 Å². The van der Waals surface area contributed by atoms with Gasteiger partial charge in [-0.15, -0.1) is 0 Å². The van der Waals surface area contributed by atoms with E-state index in [9.17, 15) is 17.2 Å². The van der Waals surface area contributed by atoms with Crippen LogP contribution in [0, 0.1) is 11.6 Å². The standard InChI is InChI=1S/C21H18F2N2O4S/c1-28-21-11-2-15(12-16(21)14-29-19-7-3-17(22)4-8-19)13-24-25-30(26,27)20-9-5-18(23)6-10-20/h2-13,25H,14H2,1H3/b24-13-. The number of nitrogens with one attached hydrogen (secondary N) is 1. The van der Waals surface area contributed by atoms with Crippen molar-refractivity contribution in [2.24, 2.45) is 5.10 Å². The third-order valence-corrected chi connectivity index (χ3v) is 5.26. The second kappa shape index (κ2) is 9.36. The first-order valence-corrected chi connectivity index (χ1v) is 10.2. The molecule has 0 radical (unpaired) electrons. The number of nitrogens with zero attached hydrogens (tertiary/aromatic N) is 1. The minimum atomic E-state index is -3.91. The summed E-state index contributed by atoms with van der Waals surface area (Å²) in [4.78, 5) is 1.97. The van der Waals surface area contributed by atoms with Gasteiger partial charge in [-0.25, -0.2) is 13.6 Å². The molecule has 0 aliphatic carbocycles. The maximum absolute atomic E-state index is 13.0. The Morgan fingerprint density at radius 2 is 1.60 bits per heavy atom. The summed E-state index contributed by atoms with van der Waals surface area (Å²) in [5, 5.41) is 3.76. The van der Waals surface area contributed by atoms with Gasteiger partial charge in [0, 0.05) is 5.56 Å². The molecule has 0 bridgehead atoms. The Kier molecular flexibility index (Phi) is 6.63. The summed E-state index contributed by atoms with van der Waals surface area (Å²) in [7, 11) is -2.40. The van der Waals surface area contributed by atoms with Gasteiger partial charge in [0.2, 0.25) is 0 Å². The first-order valence-electron chi connectivity index (χ1n) is 8.73. The predicted octanol–water partition coefficient (Wildman–Crippen LogP) is 3.86. The van der Waals surface area contributed by atoms with Crippen LogP contribution in [-0.4, -0.2) is 21.7 Å². The summed E-state index contributed by atoms with van der Waals surface area (Å²) in [5.41, 5.74) is 1.28. The zero-order chi connectivity index (χ0) is 21.6. The van der Waals surface area contributed by atoms with E-state index < -0.39 is 15.8 Å². The van der Waals surface area contributed by atoms with Crippen molar-refractivity contribution in [2.45, 2.75) is 11.5 Å². The number of hydrogen-bond donors (Lipinski definition) is 1. The highest BCUT2D eigenvalue weighted by Crippen LogP contribution is 2.22. The average Bonchev–Trinajstić information content (AvgIpc) is 2.73. The van der Waals surface area contributed by atoms with Crippen molar-refractivity contribution >= 4 is 16.2 Å². The van der Waals surface area contributed by atoms with Gasteiger partial charge in [-0.1, -0.05) is 0 Å². The fourth-order valence-electron chi connectivity index (χ4n) is 2.52. The normalized spacial score (nSPS) is 11.4. The Morgan fingerprint density at radius 1 is 0.967 bits per heavy atom. The molecule has 0 saturated heterocycles. The van der Waals surface area contributed by atoms with Crippen LogP contribution in [0.25, 0.3) is 0 Å². The van der Waals surface area contributed by atoms with Crippen molar-refractivity contribution in [1.29, 1.82) is 0 Å². The molecule has 3 aromatic rings. The number of halogens is 2. The smallest absolute Gasteiger partial charge is 0.276 e. The Bertz CT molecular complexity index is 1130. The van der Waals surface area contributed by atoms with Crippen LogP contribution in [0.4, 0.5) is 8.78 Å². The highest BCUT2D eigenvalue weighted by Gasteiger charge is 2.12. The first kappa shape index (κ1) is 21.3. The fourth-order valence-corrected chi connectivity index (χ4v) is 3.31. The summed E-state index contributed by atoms with van der Waals surface area (Å²) in [6, 6.07) is 15.1.